The third-order valence-electron chi connectivity index (χ3n) is 3.27. The van der Waals surface area contributed by atoms with Gasteiger partial charge in [-0.25, -0.2) is 13.6 Å². The van der Waals surface area contributed by atoms with E-state index in [1.165, 1.54) is 12.3 Å². The summed E-state index contributed by atoms with van der Waals surface area (Å²) in [4.78, 5) is 17.2. The number of aliphatic imine (C=N–C) groups is 1. The van der Waals surface area contributed by atoms with Crippen molar-refractivity contribution in [1.82, 2.24) is 4.90 Å². The van der Waals surface area contributed by atoms with E-state index in [0.717, 1.165) is 6.07 Å². The summed E-state index contributed by atoms with van der Waals surface area (Å²) in [6.07, 6.45) is 1.39. The molecule has 5 nitrogen and oxygen atoms in total. The number of anilines is 1. The maximum Gasteiger partial charge on any atom is 0.339 e. The van der Waals surface area contributed by atoms with Gasteiger partial charge in [0.05, 0.1) is 17.9 Å². The van der Waals surface area contributed by atoms with Crippen LogP contribution < -0.4 is 5.32 Å². The molecule has 0 unspecified atom stereocenters. The number of carboxylic acids is 1. The number of halogens is 3. The topological polar surface area (TPSA) is 64.9 Å². The molecular formula is C14H10ClF2N3O2. The Morgan fingerprint density at radius 1 is 1.41 bits per heavy atom. The van der Waals surface area contributed by atoms with Gasteiger partial charge in [-0.15, -0.1) is 0 Å². The van der Waals surface area contributed by atoms with Crippen molar-refractivity contribution in [2.45, 2.75) is 0 Å². The lowest BCUT2D eigenvalue weighted by Gasteiger charge is -2.25. The number of nitrogens with one attached hydrogen (secondary N) is 1. The molecule has 0 atom stereocenters. The normalized spacial score (nSPS) is 17.1. The molecule has 0 fully saturated rings. The van der Waals surface area contributed by atoms with Crippen LogP contribution in [0.1, 0.15) is 0 Å². The van der Waals surface area contributed by atoms with Gasteiger partial charge in [0.2, 0.25) is 0 Å². The molecule has 2 aliphatic rings. The van der Waals surface area contributed by atoms with Gasteiger partial charge < -0.3 is 15.3 Å². The zero-order valence-electron chi connectivity index (χ0n) is 11.1. The Balaban J connectivity index is 2.04. The summed E-state index contributed by atoms with van der Waals surface area (Å²) in [6, 6.07) is 2.93. The smallest absolute Gasteiger partial charge is 0.339 e. The minimum absolute atomic E-state index is 0.0246. The summed E-state index contributed by atoms with van der Waals surface area (Å²) < 4.78 is 26.7. The lowest BCUT2D eigenvalue weighted by molar-refractivity contribution is -0.132. The molecule has 0 saturated carbocycles. The molecule has 22 heavy (non-hydrogen) atoms. The highest BCUT2D eigenvalue weighted by atomic mass is 35.5. The highest BCUT2D eigenvalue weighted by Crippen LogP contribution is 2.31. The molecule has 0 radical (unpaired) electrons. The number of aliphatic carboxylic acids is 1. The van der Waals surface area contributed by atoms with E-state index in [0.29, 0.717) is 25.0 Å². The fourth-order valence-corrected chi connectivity index (χ4v) is 2.56. The average Bonchev–Trinajstić information content (AvgIpc) is 2.92. The second-order valence-corrected chi connectivity index (χ2v) is 5.06. The van der Waals surface area contributed by atoms with Gasteiger partial charge >= 0.3 is 5.97 Å². The Bertz CT molecular complexity index is 758. The van der Waals surface area contributed by atoms with Crippen molar-refractivity contribution in [2.75, 3.05) is 18.4 Å². The number of fused-ring (bicyclic) bond motifs is 1. The van der Waals surface area contributed by atoms with Crippen LogP contribution in [-0.2, 0) is 4.79 Å². The van der Waals surface area contributed by atoms with Gasteiger partial charge in [-0.1, -0.05) is 11.6 Å². The molecule has 1 aromatic rings. The van der Waals surface area contributed by atoms with Crippen LogP contribution in [-0.4, -0.2) is 34.9 Å². The van der Waals surface area contributed by atoms with Crippen LogP contribution in [0, 0.1) is 11.6 Å². The standard InChI is InChI=1S/C14H10ClF2N3O2/c15-11-12(19-10-2-1-7(16)5-9(10)17)8(14(21)22)6-20-4-3-18-13(11)20/h1-2,5-6,19H,3-4H2,(H,21,22). The molecule has 0 spiro atoms. The van der Waals surface area contributed by atoms with Crippen LogP contribution in [0.4, 0.5) is 14.5 Å². The van der Waals surface area contributed by atoms with Crippen molar-refractivity contribution in [2.24, 2.45) is 4.99 Å². The van der Waals surface area contributed by atoms with Crippen LogP contribution in [0.15, 0.2) is 45.7 Å². The number of hydrogen-bond acceptors (Lipinski definition) is 4. The zero-order valence-corrected chi connectivity index (χ0v) is 11.9. The largest absolute Gasteiger partial charge is 0.478 e. The van der Waals surface area contributed by atoms with E-state index in [1.807, 2.05) is 0 Å². The Kier molecular flexibility index (Phi) is 3.58. The van der Waals surface area contributed by atoms with Crippen LogP contribution in [0.25, 0.3) is 0 Å². The van der Waals surface area contributed by atoms with Crippen LogP contribution in [0.3, 0.4) is 0 Å². The van der Waals surface area contributed by atoms with E-state index < -0.39 is 17.6 Å². The maximum atomic E-state index is 13.8. The Hall–Kier alpha value is -2.41. The Labute approximate surface area is 129 Å². The molecular weight excluding hydrogens is 316 g/mol. The summed E-state index contributed by atoms with van der Waals surface area (Å²) in [5.41, 5.74) is -0.167. The Morgan fingerprint density at radius 3 is 2.86 bits per heavy atom. The molecule has 114 valence electrons. The minimum atomic E-state index is -1.21. The summed E-state index contributed by atoms with van der Waals surface area (Å²) in [5.74, 6) is -2.37. The predicted octanol–water partition coefficient (Wildman–Crippen LogP) is 2.52. The summed E-state index contributed by atoms with van der Waals surface area (Å²) in [5, 5.41) is 12.0. The van der Waals surface area contributed by atoms with E-state index in [1.54, 1.807) is 4.90 Å². The lowest BCUT2D eigenvalue weighted by Crippen LogP contribution is -2.31. The quantitative estimate of drug-likeness (QED) is 0.896. The van der Waals surface area contributed by atoms with Gasteiger partial charge in [0.1, 0.15) is 28.1 Å². The van der Waals surface area contributed by atoms with Crippen LogP contribution in [0.2, 0.25) is 0 Å². The van der Waals surface area contributed by atoms with E-state index in [9.17, 15) is 18.7 Å². The van der Waals surface area contributed by atoms with E-state index >= 15 is 0 Å². The van der Waals surface area contributed by atoms with Gasteiger partial charge in [0.25, 0.3) is 0 Å². The monoisotopic (exact) mass is 325 g/mol. The molecule has 0 saturated heterocycles. The zero-order chi connectivity index (χ0) is 15.9. The first-order valence-corrected chi connectivity index (χ1v) is 6.74. The third-order valence-corrected chi connectivity index (χ3v) is 3.62. The van der Waals surface area contributed by atoms with Gasteiger partial charge in [-0.2, -0.15) is 0 Å². The highest BCUT2D eigenvalue weighted by Gasteiger charge is 2.31. The van der Waals surface area contributed by atoms with E-state index in [4.69, 9.17) is 11.6 Å². The van der Waals surface area contributed by atoms with E-state index in [2.05, 4.69) is 10.3 Å². The fourth-order valence-electron chi connectivity index (χ4n) is 2.24. The van der Waals surface area contributed by atoms with Crippen molar-refractivity contribution in [3.8, 4) is 0 Å². The first-order valence-electron chi connectivity index (χ1n) is 6.36. The average molecular weight is 326 g/mol. The maximum absolute atomic E-state index is 13.8. The number of carboxylic acid groups (broad SMARTS) is 1. The van der Waals surface area contributed by atoms with Crippen LogP contribution in [0.5, 0.6) is 0 Å². The Morgan fingerprint density at radius 2 is 2.18 bits per heavy atom. The van der Waals surface area contributed by atoms with Crippen molar-refractivity contribution in [3.05, 3.63) is 52.3 Å². The SMILES string of the molecule is O=C(O)C1=CN2CCN=C2C(Cl)=C1Nc1ccc(F)cc1F. The second-order valence-electron chi connectivity index (χ2n) is 4.68. The van der Waals surface area contributed by atoms with Gasteiger partial charge in [0.15, 0.2) is 0 Å². The van der Waals surface area contributed by atoms with Gasteiger partial charge in [-0.05, 0) is 12.1 Å². The number of hydrogen-bond donors (Lipinski definition) is 2. The van der Waals surface area contributed by atoms with E-state index in [-0.39, 0.29) is 22.0 Å². The molecule has 3 rings (SSSR count). The number of carbonyl (C=O) groups is 1. The third kappa shape index (κ3) is 2.43. The van der Waals surface area contributed by atoms with Crippen molar-refractivity contribution >= 4 is 29.1 Å². The minimum Gasteiger partial charge on any atom is -0.478 e. The highest BCUT2D eigenvalue weighted by molar-refractivity contribution is 6.44. The molecule has 0 bridgehead atoms. The molecule has 0 amide bonds. The molecule has 2 heterocycles. The number of nitrogens with zero attached hydrogens (tertiary/aromatic N) is 2. The predicted molar refractivity (Wildman–Crippen MR) is 77.6 cm³/mol. The molecule has 2 N–H and O–H groups in total. The summed E-state index contributed by atoms with van der Waals surface area (Å²) in [7, 11) is 0. The molecule has 1 aromatic carbocycles. The first kappa shape index (κ1) is 14.5. The molecule has 0 aliphatic carbocycles. The summed E-state index contributed by atoms with van der Waals surface area (Å²) >= 11 is 6.20. The first-order chi connectivity index (χ1) is 10.5. The van der Waals surface area contributed by atoms with Gasteiger partial charge in [-0.3, -0.25) is 4.99 Å². The number of benzene rings is 1. The van der Waals surface area contributed by atoms with Crippen LogP contribution >= 0.6 is 11.6 Å². The number of rotatable bonds is 3. The number of amidine groups is 1. The summed E-state index contributed by atoms with van der Waals surface area (Å²) in [6.45, 7) is 1.02. The van der Waals surface area contributed by atoms with Crippen molar-refractivity contribution < 1.29 is 18.7 Å². The van der Waals surface area contributed by atoms with Crippen molar-refractivity contribution in [3.63, 3.8) is 0 Å². The fraction of sp³-hybridized carbons (Fsp3) is 0.143. The van der Waals surface area contributed by atoms with Gasteiger partial charge in [0, 0.05) is 18.8 Å². The molecule has 2 aliphatic heterocycles. The van der Waals surface area contributed by atoms with Crippen molar-refractivity contribution in [1.29, 1.82) is 0 Å². The molecule has 8 heteroatoms. The second kappa shape index (κ2) is 5.42. The lowest BCUT2D eigenvalue weighted by atomic mass is 10.1. The molecule has 0 aromatic heterocycles.